The summed E-state index contributed by atoms with van der Waals surface area (Å²) in [5.41, 5.74) is 0. The van der Waals surface area contributed by atoms with Crippen molar-refractivity contribution in [1.82, 2.24) is 0 Å². The molecule has 1 aliphatic rings. The first kappa shape index (κ1) is 11.2. The highest BCUT2D eigenvalue weighted by atomic mass is 33.1. The second kappa shape index (κ2) is 6.54. The molecule has 1 saturated heterocycles. The Kier molecular flexibility index (Phi) is 5.62. The van der Waals surface area contributed by atoms with E-state index in [1.54, 1.807) is 0 Å². The Morgan fingerprint density at radius 1 is 1.38 bits per heavy atom. The van der Waals surface area contributed by atoms with Gasteiger partial charge in [0.1, 0.15) is 0 Å². The van der Waals surface area contributed by atoms with E-state index in [-0.39, 0.29) is 6.42 Å². The van der Waals surface area contributed by atoms with Crippen molar-refractivity contribution in [2.24, 2.45) is 5.92 Å². The van der Waals surface area contributed by atoms with Gasteiger partial charge in [-0.15, -0.1) is 0 Å². The zero-order valence-electron chi connectivity index (χ0n) is 7.33. The van der Waals surface area contributed by atoms with Crippen LogP contribution in [0.5, 0.6) is 0 Å². The fraction of sp³-hybridized carbons (Fsp3) is 0.875. The van der Waals surface area contributed by atoms with E-state index in [1.165, 1.54) is 11.5 Å². The molecule has 5 heteroatoms. The maximum atomic E-state index is 11.3. The monoisotopic (exact) mass is 224 g/mol. The SMILES string of the molecule is O=C(CCCCC1CSSC1)OF. The van der Waals surface area contributed by atoms with Crippen molar-refractivity contribution < 1.29 is 14.3 Å². The van der Waals surface area contributed by atoms with Crippen LogP contribution in [0.3, 0.4) is 0 Å². The minimum Gasteiger partial charge on any atom is -0.255 e. The van der Waals surface area contributed by atoms with Gasteiger partial charge < -0.3 is 0 Å². The summed E-state index contributed by atoms with van der Waals surface area (Å²) in [6.45, 7) is 0. The number of hydrogen-bond donors (Lipinski definition) is 0. The lowest BCUT2D eigenvalue weighted by atomic mass is 10.1. The van der Waals surface area contributed by atoms with Crippen molar-refractivity contribution in [3.05, 3.63) is 0 Å². The molecule has 0 bridgehead atoms. The first-order valence-corrected chi connectivity index (χ1v) is 6.87. The quantitative estimate of drug-likeness (QED) is 0.530. The first-order chi connectivity index (χ1) is 6.33. The zero-order valence-corrected chi connectivity index (χ0v) is 8.96. The number of carbonyl (C=O) groups excluding carboxylic acids is 1. The molecule has 0 aromatic carbocycles. The molecule has 1 fully saturated rings. The van der Waals surface area contributed by atoms with Gasteiger partial charge in [-0.05, 0) is 18.8 Å². The summed E-state index contributed by atoms with van der Waals surface area (Å²) in [7, 11) is 3.83. The predicted octanol–water partition coefficient (Wildman–Crippen LogP) is 2.99. The first-order valence-electron chi connectivity index (χ1n) is 4.38. The van der Waals surface area contributed by atoms with Crippen molar-refractivity contribution in [3.8, 4) is 0 Å². The number of unbranched alkanes of at least 4 members (excludes halogenated alkanes) is 1. The number of halogens is 1. The van der Waals surface area contributed by atoms with Crippen LogP contribution in [0, 0.1) is 5.92 Å². The molecule has 0 aliphatic carbocycles. The van der Waals surface area contributed by atoms with Gasteiger partial charge in [0, 0.05) is 22.5 Å². The molecule has 0 radical (unpaired) electrons. The standard InChI is InChI=1S/C8H13FO2S2/c9-11-8(10)4-2-1-3-7-5-12-13-6-7/h7H,1-6H2. The molecule has 0 N–H and O–H groups in total. The highest BCUT2D eigenvalue weighted by Gasteiger charge is 2.15. The van der Waals surface area contributed by atoms with Crippen LogP contribution in [-0.2, 0) is 9.74 Å². The van der Waals surface area contributed by atoms with Crippen LogP contribution >= 0.6 is 21.6 Å². The Bertz CT molecular complexity index is 160. The van der Waals surface area contributed by atoms with E-state index in [4.69, 9.17) is 0 Å². The average molecular weight is 224 g/mol. The highest BCUT2D eigenvalue weighted by molar-refractivity contribution is 8.77. The third-order valence-corrected chi connectivity index (χ3v) is 4.72. The molecule has 1 heterocycles. The Balaban J connectivity index is 1.91. The van der Waals surface area contributed by atoms with Crippen LogP contribution in [0.4, 0.5) is 4.53 Å². The molecule has 13 heavy (non-hydrogen) atoms. The zero-order chi connectivity index (χ0) is 9.52. The Morgan fingerprint density at radius 2 is 2.08 bits per heavy atom. The van der Waals surface area contributed by atoms with Gasteiger partial charge in [0.2, 0.25) is 0 Å². The van der Waals surface area contributed by atoms with Crippen molar-refractivity contribution in [2.75, 3.05) is 11.5 Å². The molecule has 1 rings (SSSR count). The summed E-state index contributed by atoms with van der Waals surface area (Å²) in [5, 5.41) is 0. The fourth-order valence-electron chi connectivity index (χ4n) is 1.24. The van der Waals surface area contributed by atoms with E-state index in [0.717, 1.165) is 25.2 Å². The second-order valence-electron chi connectivity index (χ2n) is 3.13. The molecule has 0 saturated carbocycles. The van der Waals surface area contributed by atoms with E-state index in [1.807, 2.05) is 21.6 Å². The highest BCUT2D eigenvalue weighted by Crippen LogP contribution is 2.36. The van der Waals surface area contributed by atoms with Gasteiger partial charge in [0.05, 0.1) is 0 Å². The molecule has 0 unspecified atom stereocenters. The lowest BCUT2D eigenvalue weighted by Crippen LogP contribution is -2.02. The van der Waals surface area contributed by atoms with Gasteiger partial charge in [0.25, 0.3) is 0 Å². The second-order valence-corrected chi connectivity index (χ2v) is 5.68. The van der Waals surface area contributed by atoms with Crippen LogP contribution in [-0.4, -0.2) is 17.5 Å². The lowest BCUT2D eigenvalue weighted by Gasteiger charge is -2.04. The molecule has 2 nitrogen and oxygen atoms in total. The van der Waals surface area contributed by atoms with Crippen LogP contribution in [0.2, 0.25) is 0 Å². The molecule has 0 amide bonds. The summed E-state index contributed by atoms with van der Waals surface area (Å²) < 4.78 is 11.3. The molecule has 0 spiro atoms. The molecular weight excluding hydrogens is 211 g/mol. The van der Waals surface area contributed by atoms with Gasteiger partial charge in [-0.3, -0.25) is 4.94 Å². The van der Waals surface area contributed by atoms with Gasteiger partial charge in [-0.2, -0.15) is 0 Å². The Labute approximate surface area is 85.3 Å². The third kappa shape index (κ3) is 4.76. The predicted molar refractivity (Wildman–Crippen MR) is 54.1 cm³/mol. The molecule has 0 aromatic rings. The largest absolute Gasteiger partial charge is 0.348 e. The van der Waals surface area contributed by atoms with E-state index in [0.29, 0.717) is 0 Å². The third-order valence-electron chi connectivity index (χ3n) is 2.02. The topological polar surface area (TPSA) is 26.3 Å². The fourth-order valence-corrected chi connectivity index (χ4v) is 4.27. The smallest absolute Gasteiger partial charge is 0.255 e. The lowest BCUT2D eigenvalue weighted by molar-refractivity contribution is -0.183. The molecule has 0 aromatic heterocycles. The molecule has 0 atom stereocenters. The number of rotatable bonds is 5. The average Bonchev–Trinajstić information content (AvgIpc) is 2.64. The molecular formula is C8H13FO2S2. The minimum absolute atomic E-state index is 0.212. The van der Waals surface area contributed by atoms with E-state index < -0.39 is 5.97 Å². The summed E-state index contributed by atoms with van der Waals surface area (Å²) in [5.74, 6) is 2.49. The van der Waals surface area contributed by atoms with Gasteiger partial charge >= 0.3 is 5.97 Å². The van der Waals surface area contributed by atoms with Crippen LogP contribution in [0.1, 0.15) is 25.7 Å². The van der Waals surface area contributed by atoms with Crippen LogP contribution in [0.15, 0.2) is 0 Å². The summed E-state index contributed by atoms with van der Waals surface area (Å²) in [6, 6.07) is 0. The van der Waals surface area contributed by atoms with Crippen molar-refractivity contribution >= 4 is 27.6 Å². The minimum atomic E-state index is -0.741. The van der Waals surface area contributed by atoms with E-state index in [2.05, 4.69) is 4.94 Å². The van der Waals surface area contributed by atoms with Gasteiger partial charge in [-0.1, -0.05) is 28.0 Å². The van der Waals surface area contributed by atoms with Crippen molar-refractivity contribution in [2.45, 2.75) is 25.7 Å². The number of carbonyl (C=O) groups is 1. The molecule has 1 aliphatic heterocycles. The maximum absolute atomic E-state index is 11.3. The Morgan fingerprint density at radius 3 is 2.69 bits per heavy atom. The van der Waals surface area contributed by atoms with Gasteiger partial charge in [-0.25, -0.2) is 4.79 Å². The van der Waals surface area contributed by atoms with Crippen molar-refractivity contribution in [3.63, 3.8) is 0 Å². The van der Waals surface area contributed by atoms with Gasteiger partial charge in [0.15, 0.2) is 0 Å². The summed E-state index contributed by atoms with van der Waals surface area (Å²) >= 11 is 0. The Hall–Kier alpha value is 0.1000. The normalized spacial score (nSPS) is 17.6. The van der Waals surface area contributed by atoms with Crippen LogP contribution in [0.25, 0.3) is 0 Å². The van der Waals surface area contributed by atoms with Crippen LogP contribution < -0.4 is 0 Å². The molecule has 76 valence electrons. The maximum Gasteiger partial charge on any atom is 0.348 e. The summed E-state index contributed by atoms with van der Waals surface area (Å²) in [6.07, 6.45) is 3.11. The van der Waals surface area contributed by atoms with E-state index in [9.17, 15) is 9.32 Å². The number of hydrogen-bond acceptors (Lipinski definition) is 4. The van der Waals surface area contributed by atoms with E-state index >= 15 is 0 Å². The summed E-state index contributed by atoms with van der Waals surface area (Å²) in [4.78, 5) is 13.5. The van der Waals surface area contributed by atoms with Crippen molar-refractivity contribution in [1.29, 1.82) is 0 Å².